The summed E-state index contributed by atoms with van der Waals surface area (Å²) < 4.78 is 12.9. The molecule has 0 saturated carbocycles. The zero-order valence-corrected chi connectivity index (χ0v) is 15.3. The van der Waals surface area contributed by atoms with Crippen LogP contribution in [0.5, 0.6) is 11.5 Å². The highest BCUT2D eigenvalue weighted by Crippen LogP contribution is 2.43. The van der Waals surface area contributed by atoms with E-state index in [2.05, 4.69) is 35.8 Å². The molecule has 25 heavy (non-hydrogen) atoms. The van der Waals surface area contributed by atoms with Crippen molar-refractivity contribution in [1.29, 1.82) is 0 Å². The van der Waals surface area contributed by atoms with Crippen LogP contribution in [0.3, 0.4) is 0 Å². The van der Waals surface area contributed by atoms with E-state index in [9.17, 15) is 0 Å². The molecule has 1 aromatic heterocycles. The maximum absolute atomic E-state index is 5.30. The minimum atomic E-state index is 0.427. The highest BCUT2D eigenvalue weighted by molar-refractivity contribution is 7.99. The molecule has 3 aromatic rings. The summed E-state index contributed by atoms with van der Waals surface area (Å²) in [6.45, 7) is 2.25. The molecule has 0 spiro atoms. The number of rotatable bonds is 4. The number of aromatic nitrogens is 2. The first kappa shape index (κ1) is 16.1. The molecule has 0 saturated heterocycles. The predicted octanol–water partition coefficient (Wildman–Crippen LogP) is 4.90. The highest BCUT2D eigenvalue weighted by atomic mass is 32.2. The zero-order chi connectivity index (χ0) is 17.4. The number of hydrogen-bond acceptors (Lipinski definition) is 4. The third kappa shape index (κ3) is 2.78. The third-order valence-corrected chi connectivity index (χ3v) is 5.70. The molecular formula is C20H20N2O2S. The van der Waals surface area contributed by atoms with Crippen LogP contribution in [-0.2, 0) is 0 Å². The number of thioether (sulfide) groups is 1. The summed E-state index contributed by atoms with van der Waals surface area (Å²) in [6.07, 6.45) is 0. The molecule has 2 heterocycles. The van der Waals surface area contributed by atoms with Crippen LogP contribution in [0.2, 0.25) is 0 Å². The minimum Gasteiger partial charge on any atom is -0.497 e. The van der Waals surface area contributed by atoms with Gasteiger partial charge in [-0.25, -0.2) is 4.98 Å². The average molecular weight is 352 g/mol. The van der Waals surface area contributed by atoms with Gasteiger partial charge in [0.2, 0.25) is 0 Å². The molecule has 1 aliphatic heterocycles. The van der Waals surface area contributed by atoms with Crippen molar-refractivity contribution in [1.82, 2.24) is 9.55 Å². The van der Waals surface area contributed by atoms with Crippen LogP contribution >= 0.6 is 11.8 Å². The van der Waals surface area contributed by atoms with Crippen molar-refractivity contribution in [3.05, 3.63) is 48.5 Å². The van der Waals surface area contributed by atoms with Crippen LogP contribution in [0.1, 0.15) is 13.0 Å². The summed E-state index contributed by atoms with van der Waals surface area (Å²) in [5.74, 6) is 2.77. The van der Waals surface area contributed by atoms with Crippen molar-refractivity contribution in [3.8, 4) is 34.0 Å². The molecule has 0 fully saturated rings. The van der Waals surface area contributed by atoms with Gasteiger partial charge in [0.25, 0.3) is 0 Å². The van der Waals surface area contributed by atoms with Crippen molar-refractivity contribution in [2.24, 2.45) is 0 Å². The van der Waals surface area contributed by atoms with Crippen molar-refractivity contribution in [2.45, 2.75) is 18.1 Å². The summed E-state index contributed by atoms with van der Waals surface area (Å²) in [5.41, 5.74) is 4.43. The van der Waals surface area contributed by atoms with Gasteiger partial charge in [-0.2, -0.15) is 0 Å². The predicted molar refractivity (Wildman–Crippen MR) is 102 cm³/mol. The van der Waals surface area contributed by atoms with Crippen LogP contribution in [0.25, 0.3) is 22.5 Å². The molecule has 128 valence electrons. The summed E-state index contributed by atoms with van der Waals surface area (Å²) in [5, 5.41) is 1.09. The van der Waals surface area contributed by atoms with Gasteiger partial charge in [0.05, 0.1) is 25.6 Å². The molecular weight excluding hydrogens is 332 g/mol. The van der Waals surface area contributed by atoms with Crippen LogP contribution < -0.4 is 9.47 Å². The van der Waals surface area contributed by atoms with E-state index in [1.165, 1.54) is 5.69 Å². The second kappa shape index (κ2) is 6.48. The van der Waals surface area contributed by atoms with E-state index in [4.69, 9.17) is 14.5 Å². The lowest BCUT2D eigenvalue weighted by atomic mass is 10.0. The molecule has 4 rings (SSSR count). The van der Waals surface area contributed by atoms with Gasteiger partial charge in [0.1, 0.15) is 11.5 Å². The summed E-state index contributed by atoms with van der Waals surface area (Å²) >= 11 is 1.82. The van der Waals surface area contributed by atoms with E-state index in [1.54, 1.807) is 14.2 Å². The number of benzene rings is 2. The standard InChI is InChI=1S/C20H20N2O2S/c1-13-12-25-20-21-18(14-4-8-16(23-2)9-5-14)19(22(13)20)15-6-10-17(24-3)11-7-15/h4-11,13H,12H2,1-3H3. The van der Waals surface area contributed by atoms with E-state index in [0.717, 1.165) is 39.2 Å². The third-order valence-electron chi connectivity index (χ3n) is 4.50. The Hall–Kier alpha value is -2.40. The van der Waals surface area contributed by atoms with Gasteiger partial charge >= 0.3 is 0 Å². The molecule has 4 nitrogen and oxygen atoms in total. The quantitative estimate of drug-likeness (QED) is 0.669. The molecule has 1 unspecified atom stereocenters. The normalized spacial score (nSPS) is 15.9. The smallest absolute Gasteiger partial charge is 0.169 e. The van der Waals surface area contributed by atoms with Crippen LogP contribution in [-0.4, -0.2) is 29.5 Å². The first-order chi connectivity index (χ1) is 12.2. The molecule has 0 amide bonds. The van der Waals surface area contributed by atoms with E-state index < -0.39 is 0 Å². The Morgan fingerprint density at radius 1 is 0.920 bits per heavy atom. The fourth-order valence-corrected chi connectivity index (χ4v) is 4.27. The summed E-state index contributed by atoms with van der Waals surface area (Å²) in [7, 11) is 3.37. The number of imidazole rings is 1. The second-order valence-electron chi connectivity index (χ2n) is 6.08. The van der Waals surface area contributed by atoms with Crippen molar-refractivity contribution < 1.29 is 9.47 Å². The molecule has 0 aliphatic carbocycles. The zero-order valence-electron chi connectivity index (χ0n) is 14.5. The Kier molecular flexibility index (Phi) is 4.17. The van der Waals surface area contributed by atoms with Crippen molar-refractivity contribution >= 4 is 11.8 Å². The number of hydrogen-bond donors (Lipinski definition) is 0. The maximum atomic E-state index is 5.30. The number of nitrogens with zero attached hydrogens (tertiary/aromatic N) is 2. The Bertz CT molecular complexity index is 885. The van der Waals surface area contributed by atoms with E-state index in [0.29, 0.717) is 6.04 Å². The SMILES string of the molecule is COc1ccc(-c2nc3n(c2-c2ccc(OC)cc2)C(C)CS3)cc1. The lowest BCUT2D eigenvalue weighted by molar-refractivity contribution is 0.414. The fourth-order valence-electron chi connectivity index (χ4n) is 3.17. The lowest BCUT2D eigenvalue weighted by Crippen LogP contribution is -2.03. The number of fused-ring (bicyclic) bond motifs is 1. The van der Waals surface area contributed by atoms with Gasteiger partial charge in [-0.05, 0) is 55.5 Å². The van der Waals surface area contributed by atoms with Gasteiger partial charge in [0.15, 0.2) is 5.16 Å². The number of methoxy groups -OCH3 is 2. The fraction of sp³-hybridized carbons (Fsp3) is 0.250. The molecule has 2 aromatic carbocycles. The van der Waals surface area contributed by atoms with E-state index in [1.807, 2.05) is 36.0 Å². The first-order valence-corrected chi connectivity index (χ1v) is 9.23. The molecule has 1 aliphatic rings. The highest BCUT2D eigenvalue weighted by Gasteiger charge is 2.28. The lowest BCUT2D eigenvalue weighted by Gasteiger charge is -2.13. The molecule has 0 radical (unpaired) electrons. The maximum Gasteiger partial charge on any atom is 0.169 e. The monoisotopic (exact) mass is 352 g/mol. The Balaban J connectivity index is 1.87. The molecule has 5 heteroatoms. The Morgan fingerprint density at radius 3 is 2.04 bits per heavy atom. The Labute approximate surface area is 151 Å². The van der Waals surface area contributed by atoms with Crippen LogP contribution in [0.4, 0.5) is 0 Å². The van der Waals surface area contributed by atoms with Gasteiger partial charge in [-0.15, -0.1) is 0 Å². The van der Waals surface area contributed by atoms with Gasteiger partial charge in [-0.1, -0.05) is 11.8 Å². The van der Waals surface area contributed by atoms with Gasteiger partial charge in [0, 0.05) is 22.9 Å². The molecule has 0 bridgehead atoms. The minimum absolute atomic E-state index is 0.427. The second-order valence-corrected chi connectivity index (χ2v) is 7.07. The van der Waals surface area contributed by atoms with Gasteiger partial charge < -0.3 is 14.0 Å². The molecule has 0 N–H and O–H groups in total. The van der Waals surface area contributed by atoms with Gasteiger partial charge in [-0.3, -0.25) is 0 Å². The molecule has 1 atom stereocenters. The van der Waals surface area contributed by atoms with Crippen molar-refractivity contribution in [3.63, 3.8) is 0 Å². The first-order valence-electron chi connectivity index (χ1n) is 8.25. The Morgan fingerprint density at radius 2 is 1.48 bits per heavy atom. The number of ether oxygens (including phenoxy) is 2. The summed E-state index contributed by atoms with van der Waals surface area (Å²) in [6, 6.07) is 16.7. The van der Waals surface area contributed by atoms with Crippen molar-refractivity contribution in [2.75, 3.05) is 20.0 Å². The van der Waals surface area contributed by atoms with Crippen LogP contribution in [0, 0.1) is 0 Å². The van der Waals surface area contributed by atoms with E-state index in [-0.39, 0.29) is 0 Å². The van der Waals surface area contributed by atoms with Crippen LogP contribution in [0.15, 0.2) is 53.7 Å². The summed E-state index contributed by atoms with van der Waals surface area (Å²) in [4.78, 5) is 4.94. The topological polar surface area (TPSA) is 36.3 Å². The van der Waals surface area contributed by atoms with E-state index >= 15 is 0 Å². The average Bonchev–Trinajstić information content (AvgIpc) is 3.22. The largest absolute Gasteiger partial charge is 0.497 e.